The van der Waals surface area contributed by atoms with Crippen LogP contribution in [0, 0.1) is 25.5 Å². The molecule has 0 radical (unpaired) electrons. The third-order valence-corrected chi connectivity index (χ3v) is 4.43. The molecule has 0 unspecified atom stereocenters. The molecule has 0 fully saturated rings. The number of aryl methyl sites for hydroxylation is 2. The first kappa shape index (κ1) is 18.8. The van der Waals surface area contributed by atoms with Crippen LogP contribution in [0.25, 0.3) is 0 Å². The van der Waals surface area contributed by atoms with E-state index in [1.807, 2.05) is 42.7 Å². The summed E-state index contributed by atoms with van der Waals surface area (Å²) in [6.07, 6.45) is 2.35. The van der Waals surface area contributed by atoms with Crippen LogP contribution in [0.3, 0.4) is 0 Å². The number of amides is 1. The highest BCUT2D eigenvalue weighted by atomic mass is 19.2. The van der Waals surface area contributed by atoms with Crippen molar-refractivity contribution < 1.29 is 13.6 Å². The van der Waals surface area contributed by atoms with E-state index in [-0.39, 0.29) is 5.91 Å². The Labute approximate surface area is 156 Å². The van der Waals surface area contributed by atoms with Gasteiger partial charge in [0, 0.05) is 37.1 Å². The molecule has 1 N–H and O–H groups in total. The van der Waals surface area contributed by atoms with Crippen molar-refractivity contribution in [2.24, 2.45) is 0 Å². The molecule has 0 atom stereocenters. The lowest BCUT2D eigenvalue weighted by Crippen LogP contribution is -2.29. The van der Waals surface area contributed by atoms with Crippen LogP contribution in [0.15, 0.2) is 48.7 Å². The normalized spacial score (nSPS) is 10.8. The Morgan fingerprint density at radius 3 is 2.63 bits per heavy atom. The van der Waals surface area contributed by atoms with Gasteiger partial charge in [-0.05, 0) is 55.3 Å². The minimum Gasteiger partial charge on any atom is -0.350 e. The highest BCUT2D eigenvalue weighted by Crippen LogP contribution is 2.18. The van der Waals surface area contributed by atoms with E-state index in [4.69, 9.17) is 0 Å². The van der Waals surface area contributed by atoms with Crippen molar-refractivity contribution >= 4 is 5.91 Å². The third-order valence-electron chi connectivity index (χ3n) is 4.43. The third kappa shape index (κ3) is 4.39. The Bertz CT molecular complexity index is 952. The number of carbonyl (C=O) groups is 1. The number of halogens is 2. The first-order valence-electron chi connectivity index (χ1n) is 8.74. The summed E-state index contributed by atoms with van der Waals surface area (Å²) in [6, 6.07) is 11.4. The molecule has 2 heterocycles. The maximum Gasteiger partial charge on any atom is 0.268 e. The molecular formula is C21H21F2N3O. The lowest BCUT2D eigenvalue weighted by Gasteiger charge is -2.13. The minimum absolute atomic E-state index is 0.195. The molecule has 4 nitrogen and oxygen atoms in total. The van der Waals surface area contributed by atoms with Crippen molar-refractivity contribution in [2.75, 3.05) is 6.54 Å². The van der Waals surface area contributed by atoms with Crippen molar-refractivity contribution in [3.05, 3.63) is 88.5 Å². The lowest BCUT2D eigenvalue weighted by atomic mass is 10.2. The van der Waals surface area contributed by atoms with Gasteiger partial charge in [-0.1, -0.05) is 12.1 Å². The van der Waals surface area contributed by atoms with Crippen molar-refractivity contribution in [1.29, 1.82) is 0 Å². The molecule has 0 saturated carbocycles. The molecule has 0 spiro atoms. The van der Waals surface area contributed by atoms with Gasteiger partial charge in [-0.3, -0.25) is 9.78 Å². The molecule has 3 rings (SSSR count). The molecule has 0 aliphatic heterocycles. The summed E-state index contributed by atoms with van der Waals surface area (Å²) < 4.78 is 28.5. The molecule has 0 aliphatic carbocycles. The summed E-state index contributed by atoms with van der Waals surface area (Å²) in [5, 5.41) is 2.91. The fourth-order valence-electron chi connectivity index (χ4n) is 3.11. The smallest absolute Gasteiger partial charge is 0.268 e. The van der Waals surface area contributed by atoms with Gasteiger partial charge in [0.15, 0.2) is 11.6 Å². The molecule has 0 bridgehead atoms. The Kier molecular flexibility index (Phi) is 5.64. The Morgan fingerprint density at radius 1 is 1.11 bits per heavy atom. The van der Waals surface area contributed by atoms with Crippen molar-refractivity contribution in [1.82, 2.24) is 14.9 Å². The van der Waals surface area contributed by atoms with Gasteiger partial charge in [-0.15, -0.1) is 0 Å². The highest BCUT2D eigenvalue weighted by molar-refractivity contribution is 5.94. The maximum atomic E-state index is 13.5. The van der Waals surface area contributed by atoms with Gasteiger partial charge >= 0.3 is 0 Å². The van der Waals surface area contributed by atoms with E-state index >= 15 is 0 Å². The van der Waals surface area contributed by atoms with Gasteiger partial charge in [0.1, 0.15) is 5.69 Å². The summed E-state index contributed by atoms with van der Waals surface area (Å²) in [4.78, 5) is 17.0. The molecule has 1 aromatic carbocycles. The van der Waals surface area contributed by atoms with E-state index in [0.29, 0.717) is 30.8 Å². The first-order valence-corrected chi connectivity index (χ1v) is 8.74. The monoisotopic (exact) mass is 369 g/mol. The number of pyridine rings is 1. The van der Waals surface area contributed by atoms with E-state index in [2.05, 4.69) is 10.3 Å². The average molecular weight is 369 g/mol. The second kappa shape index (κ2) is 8.12. The largest absolute Gasteiger partial charge is 0.350 e. The number of rotatable bonds is 6. The minimum atomic E-state index is -0.893. The van der Waals surface area contributed by atoms with Crippen LogP contribution in [0.2, 0.25) is 0 Å². The van der Waals surface area contributed by atoms with Crippen molar-refractivity contribution in [3.8, 4) is 0 Å². The Hall–Kier alpha value is -3.02. The second-order valence-corrected chi connectivity index (χ2v) is 6.48. The first-order chi connectivity index (χ1) is 13.0. The molecular weight excluding hydrogens is 348 g/mol. The maximum absolute atomic E-state index is 13.5. The fourth-order valence-corrected chi connectivity index (χ4v) is 3.11. The number of carbonyl (C=O) groups excluding carboxylic acids is 1. The van der Waals surface area contributed by atoms with Crippen LogP contribution in [0.4, 0.5) is 8.78 Å². The van der Waals surface area contributed by atoms with E-state index in [1.54, 1.807) is 6.20 Å². The molecule has 1 amide bonds. The number of hydrogen-bond donors (Lipinski definition) is 1. The van der Waals surface area contributed by atoms with Crippen LogP contribution in [-0.2, 0) is 13.0 Å². The van der Waals surface area contributed by atoms with Gasteiger partial charge < -0.3 is 9.88 Å². The topological polar surface area (TPSA) is 46.9 Å². The molecule has 140 valence electrons. The molecule has 0 aliphatic rings. The van der Waals surface area contributed by atoms with Crippen LogP contribution in [-0.4, -0.2) is 22.0 Å². The number of benzene rings is 1. The summed E-state index contributed by atoms with van der Waals surface area (Å²) >= 11 is 0. The average Bonchev–Trinajstić information content (AvgIpc) is 2.92. The Morgan fingerprint density at radius 2 is 1.93 bits per heavy atom. The van der Waals surface area contributed by atoms with E-state index in [1.165, 1.54) is 6.07 Å². The fraction of sp³-hybridized carbons (Fsp3) is 0.238. The zero-order chi connectivity index (χ0) is 19.4. The molecule has 27 heavy (non-hydrogen) atoms. The summed E-state index contributed by atoms with van der Waals surface area (Å²) in [6.45, 7) is 4.50. The molecule has 0 saturated heterocycles. The predicted molar refractivity (Wildman–Crippen MR) is 99.6 cm³/mol. The standard InChI is InChI=1S/C21H21F2N3O/c1-14-11-15(2)26(13-16-6-7-18(22)19(23)12-16)20(14)21(27)25-10-8-17-5-3-4-9-24-17/h3-7,9,11-12H,8,10,13H2,1-2H3,(H,25,27). The van der Waals surface area contributed by atoms with Crippen molar-refractivity contribution in [2.45, 2.75) is 26.8 Å². The number of aromatic nitrogens is 2. The van der Waals surface area contributed by atoms with Crippen molar-refractivity contribution in [3.63, 3.8) is 0 Å². The quantitative estimate of drug-likeness (QED) is 0.718. The van der Waals surface area contributed by atoms with E-state index in [9.17, 15) is 13.6 Å². The van der Waals surface area contributed by atoms with Gasteiger partial charge in [-0.25, -0.2) is 8.78 Å². The van der Waals surface area contributed by atoms with E-state index in [0.717, 1.165) is 29.1 Å². The number of hydrogen-bond acceptors (Lipinski definition) is 2. The van der Waals surface area contributed by atoms with Crippen LogP contribution in [0.5, 0.6) is 0 Å². The van der Waals surface area contributed by atoms with Gasteiger partial charge in [0.2, 0.25) is 0 Å². The number of nitrogens with zero attached hydrogens (tertiary/aromatic N) is 2. The Balaban J connectivity index is 1.74. The summed E-state index contributed by atoms with van der Waals surface area (Å²) in [7, 11) is 0. The summed E-state index contributed by atoms with van der Waals surface area (Å²) in [5.74, 6) is -1.97. The van der Waals surface area contributed by atoms with Crippen LogP contribution < -0.4 is 5.32 Å². The lowest BCUT2D eigenvalue weighted by molar-refractivity contribution is 0.0944. The van der Waals surface area contributed by atoms with Gasteiger partial charge in [0.25, 0.3) is 5.91 Å². The SMILES string of the molecule is Cc1cc(C)n(Cc2ccc(F)c(F)c2)c1C(=O)NCCc1ccccn1. The van der Waals surface area contributed by atoms with Crippen LogP contribution in [0.1, 0.15) is 33.0 Å². The van der Waals surface area contributed by atoms with Crippen LogP contribution >= 0.6 is 0 Å². The zero-order valence-electron chi connectivity index (χ0n) is 15.3. The highest BCUT2D eigenvalue weighted by Gasteiger charge is 2.18. The predicted octanol–water partition coefficient (Wildman–Crippen LogP) is 3.80. The van der Waals surface area contributed by atoms with E-state index < -0.39 is 11.6 Å². The second-order valence-electron chi connectivity index (χ2n) is 6.48. The molecule has 6 heteroatoms. The molecule has 3 aromatic rings. The van der Waals surface area contributed by atoms with Gasteiger partial charge in [0.05, 0.1) is 0 Å². The zero-order valence-corrected chi connectivity index (χ0v) is 15.3. The number of nitrogens with one attached hydrogen (secondary N) is 1. The van der Waals surface area contributed by atoms with Gasteiger partial charge in [-0.2, -0.15) is 0 Å². The summed E-state index contributed by atoms with van der Waals surface area (Å²) in [5.41, 5.74) is 3.74. The molecule has 2 aromatic heterocycles.